The van der Waals surface area contributed by atoms with Gasteiger partial charge in [-0.1, -0.05) is 12.1 Å². The third-order valence-electron chi connectivity index (χ3n) is 3.34. The normalized spacial score (nSPS) is 13.9. The Kier molecular flexibility index (Phi) is 8.94. The molecule has 0 heterocycles. The fourth-order valence-corrected chi connectivity index (χ4v) is 4.26. The van der Waals surface area contributed by atoms with Crippen LogP contribution in [0.3, 0.4) is 0 Å². The lowest BCUT2D eigenvalue weighted by Gasteiger charge is -2.30. The Hall–Kier alpha value is -2.09. The molecule has 1 aromatic rings. The molecule has 0 aliphatic carbocycles. The predicted octanol–water partition coefficient (Wildman–Crippen LogP) is 5.32. The number of ether oxygens (including phenoxy) is 1. The van der Waals surface area contributed by atoms with Crippen LogP contribution in [0.15, 0.2) is 24.3 Å². The van der Waals surface area contributed by atoms with E-state index in [0.717, 1.165) is 0 Å². The first-order chi connectivity index (χ1) is 14.3. The summed E-state index contributed by atoms with van der Waals surface area (Å²) in [5.74, 6) is -0.963. The van der Waals surface area contributed by atoms with Crippen LogP contribution in [0, 0.1) is 0 Å². The molecule has 2 N–H and O–H groups in total. The molecule has 1 rings (SSSR count). The summed E-state index contributed by atoms with van der Waals surface area (Å²) in [6.45, 7) is 15.5. The van der Waals surface area contributed by atoms with E-state index >= 15 is 0 Å². The van der Waals surface area contributed by atoms with E-state index < -0.39 is 42.7 Å². The number of rotatable bonds is 8. The van der Waals surface area contributed by atoms with Crippen molar-refractivity contribution in [2.24, 2.45) is 0 Å². The van der Waals surface area contributed by atoms with Crippen LogP contribution in [0.25, 0.3) is 0 Å². The van der Waals surface area contributed by atoms with E-state index in [1.165, 1.54) is 12.1 Å². The molecule has 1 atom stereocenters. The Bertz CT molecular complexity index is 811. The third kappa shape index (κ3) is 11.5. The molecule has 10 heteroatoms. The number of aliphatic carboxylic acids is 1. The Balaban J connectivity index is 2.94. The zero-order valence-electron chi connectivity index (χ0n) is 20.3. The van der Waals surface area contributed by atoms with Gasteiger partial charge in [0.05, 0.1) is 11.2 Å². The van der Waals surface area contributed by atoms with Crippen LogP contribution in [0.5, 0.6) is 5.75 Å². The largest absolute Gasteiger partial charge is 0.531 e. The van der Waals surface area contributed by atoms with Crippen LogP contribution in [-0.2, 0) is 29.6 Å². The Morgan fingerprint density at radius 2 is 1.38 bits per heavy atom. The van der Waals surface area contributed by atoms with Crippen molar-refractivity contribution in [1.82, 2.24) is 5.32 Å². The molecule has 1 aromatic carbocycles. The van der Waals surface area contributed by atoms with E-state index in [-0.39, 0.29) is 12.2 Å². The summed E-state index contributed by atoms with van der Waals surface area (Å²) in [6, 6.07) is 5.11. The van der Waals surface area contributed by atoms with Crippen LogP contribution < -0.4 is 9.84 Å². The van der Waals surface area contributed by atoms with Crippen molar-refractivity contribution in [3.8, 4) is 5.75 Å². The van der Waals surface area contributed by atoms with Crippen LogP contribution >= 0.6 is 7.82 Å². The van der Waals surface area contributed by atoms with Crippen molar-refractivity contribution in [1.29, 1.82) is 0 Å². The molecular weight excluding hydrogens is 437 g/mol. The number of hydrogen-bond donors (Lipinski definition) is 2. The SMILES string of the molecule is CC(C)(C)OC(=O)N[C@@H](Cc1ccc(OP(=O)(OC(C)(C)C)OC(C)(C)C)cc1)C(=O)O. The number of alkyl carbamates (subject to hydrolysis) is 1. The average Bonchev–Trinajstić information content (AvgIpc) is 2.50. The molecule has 0 spiro atoms. The summed E-state index contributed by atoms with van der Waals surface area (Å²) in [6.07, 6.45) is -0.798. The van der Waals surface area contributed by atoms with E-state index in [1.54, 1.807) is 74.4 Å². The monoisotopic (exact) mass is 473 g/mol. The smallest absolute Gasteiger partial charge is 0.480 e. The van der Waals surface area contributed by atoms with E-state index in [0.29, 0.717) is 5.56 Å². The van der Waals surface area contributed by atoms with Gasteiger partial charge in [0.1, 0.15) is 17.4 Å². The van der Waals surface area contributed by atoms with Crippen LogP contribution in [0.2, 0.25) is 0 Å². The maximum atomic E-state index is 13.2. The van der Waals surface area contributed by atoms with Gasteiger partial charge in [0.25, 0.3) is 0 Å². The van der Waals surface area contributed by atoms with Gasteiger partial charge in [-0.25, -0.2) is 14.2 Å². The number of phosphoric acid groups is 1. The van der Waals surface area contributed by atoms with Crippen molar-refractivity contribution in [3.63, 3.8) is 0 Å². The first-order valence-corrected chi connectivity index (χ1v) is 11.8. The van der Waals surface area contributed by atoms with Crippen LogP contribution in [0.4, 0.5) is 4.79 Å². The maximum absolute atomic E-state index is 13.2. The van der Waals surface area contributed by atoms with Gasteiger partial charge in [-0.3, -0.25) is 9.05 Å². The maximum Gasteiger partial charge on any atom is 0.531 e. The van der Waals surface area contributed by atoms with Crippen molar-refractivity contribution in [2.75, 3.05) is 0 Å². The number of carbonyl (C=O) groups excluding carboxylic acids is 1. The molecular formula is C22H36NO8P. The Labute approximate surface area is 190 Å². The van der Waals surface area contributed by atoms with Crippen LogP contribution in [-0.4, -0.2) is 40.0 Å². The van der Waals surface area contributed by atoms with E-state index in [2.05, 4.69) is 5.32 Å². The highest BCUT2D eigenvalue weighted by Gasteiger charge is 2.38. The number of carbonyl (C=O) groups is 2. The topological polar surface area (TPSA) is 120 Å². The van der Waals surface area contributed by atoms with Gasteiger partial charge in [-0.15, -0.1) is 0 Å². The quantitative estimate of drug-likeness (QED) is 0.487. The summed E-state index contributed by atoms with van der Waals surface area (Å²) >= 11 is 0. The second-order valence-electron chi connectivity index (χ2n) is 10.3. The average molecular weight is 474 g/mol. The first kappa shape index (κ1) is 27.9. The fourth-order valence-electron chi connectivity index (χ4n) is 2.43. The van der Waals surface area contributed by atoms with E-state index in [9.17, 15) is 19.3 Å². The number of benzene rings is 1. The van der Waals surface area contributed by atoms with E-state index in [4.69, 9.17) is 18.3 Å². The van der Waals surface area contributed by atoms with Crippen molar-refractivity contribution >= 4 is 19.9 Å². The lowest BCUT2D eigenvalue weighted by atomic mass is 10.1. The number of nitrogens with one attached hydrogen (secondary N) is 1. The zero-order valence-corrected chi connectivity index (χ0v) is 21.2. The number of carboxylic acids is 1. The third-order valence-corrected chi connectivity index (χ3v) is 5.32. The molecule has 0 radical (unpaired) electrons. The molecule has 1 amide bonds. The zero-order chi connectivity index (χ0) is 25.0. The minimum absolute atomic E-state index is 0.0174. The first-order valence-electron chi connectivity index (χ1n) is 10.3. The molecule has 0 aromatic heterocycles. The lowest BCUT2D eigenvalue weighted by Crippen LogP contribution is -2.44. The van der Waals surface area contributed by atoms with Gasteiger partial charge in [0.15, 0.2) is 0 Å². The number of carboxylic acid groups (broad SMARTS) is 1. The summed E-state index contributed by atoms with van der Waals surface area (Å²) < 4.78 is 35.1. The second kappa shape index (κ2) is 10.2. The highest BCUT2D eigenvalue weighted by Crippen LogP contribution is 2.55. The molecule has 9 nitrogen and oxygen atoms in total. The lowest BCUT2D eigenvalue weighted by molar-refractivity contribution is -0.139. The summed E-state index contributed by atoms with van der Waals surface area (Å²) in [5.41, 5.74) is -1.68. The molecule has 0 bridgehead atoms. The molecule has 0 saturated heterocycles. The molecule has 182 valence electrons. The van der Waals surface area contributed by atoms with Crippen molar-refractivity contribution in [3.05, 3.63) is 29.8 Å². The van der Waals surface area contributed by atoms with Crippen molar-refractivity contribution < 1.29 is 37.6 Å². The van der Waals surface area contributed by atoms with Gasteiger partial charge in [0, 0.05) is 6.42 Å². The Morgan fingerprint density at radius 1 is 0.906 bits per heavy atom. The van der Waals surface area contributed by atoms with Gasteiger partial charge in [-0.05, 0) is 80.0 Å². The number of amides is 1. The number of phosphoric ester groups is 1. The minimum Gasteiger partial charge on any atom is -0.480 e. The highest BCUT2D eigenvalue weighted by atomic mass is 31.2. The summed E-state index contributed by atoms with van der Waals surface area (Å²) in [4.78, 5) is 23.5. The van der Waals surface area contributed by atoms with Gasteiger partial charge in [0.2, 0.25) is 0 Å². The molecule has 0 unspecified atom stereocenters. The molecule has 0 saturated carbocycles. The van der Waals surface area contributed by atoms with Gasteiger partial charge < -0.3 is 19.7 Å². The molecule has 0 fully saturated rings. The van der Waals surface area contributed by atoms with E-state index in [1.807, 2.05) is 0 Å². The predicted molar refractivity (Wildman–Crippen MR) is 121 cm³/mol. The summed E-state index contributed by atoms with van der Waals surface area (Å²) in [7, 11) is -3.95. The van der Waals surface area contributed by atoms with Gasteiger partial charge in [-0.2, -0.15) is 0 Å². The minimum atomic E-state index is -3.95. The summed E-state index contributed by atoms with van der Waals surface area (Å²) in [5, 5.41) is 11.8. The number of hydrogen-bond acceptors (Lipinski definition) is 7. The molecule has 0 aliphatic rings. The highest BCUT2D eigenvalue weighted by molar-refractivity contribution is 7.49. The Morgan fingerprint density at radius 3 is 1.75 bits per heavy atom. The van der Waals surface area contributed by atoms with Crippen LogP contribution in [0.1, 0.15) is 67.9 Å². The fraction of sp³-hybridized carbons (Fsp3) is 0.636. The standard InChI is InChI=1S/C22H36NO8P/c1-20(2,3)28-19(26)23-17(18(24)25)14-15-10-12-16(13-11-15)29-32(27,30-21(4,5)6)31-22(7,8)9/h10-13,17H,14H2,1-9H3,(H,23,26)(H,24,25)/t17-/m0/s1. The second-order valence-corrected chi connectivity index (χ2v) is 11.8. The van der Waals surface area contributed by atoms with Gasteiger partial charge >= 0.3 is 19.9 Å². The molecule has 32 heavy (non-hydrogen) atoms. The molecule has 0 aliphatic heterocycles. The van der Waals surface area contributed by atoms with Crippen molar-refractivity contribution in [2.45, 2.75) is 91.6 Å².